The summed E-state index contributed by atoms with van der Waals surface area (Å²) >= 11 is 1.46. The molecule has 7 heteroatoms. The van der Waals surface area contributed by atoms with Crippen molar-refractivity contribution in [1.29, 1.82) is 0 Å². The molecule has 5 nitrogen and oxygen atoms in total. The molecule has 0 radical (unpaired) electrons. The topological polar surface area (TPSA) is 70.5 Å². The highest BCUT2D eigenvalue weighted by Crippen LogP contribution is 2.45. The molecule has 0 aliphatic carbocycles. The number of anilines is 1. The van der Waals surface area contributed by atoms with Gasteiger partial charge in [-0.3, -0.25) is 14.7 Å². The summed E-state index contributed by atoms with van der Waals surface area (Å²) in [6.45, 7) is 3.72. The van der Waals surface area contributed by atoms with E-state index in [1.165, 1.54) is 30.0 Å². The molecular formula is C23H19FN2O3S. The molecule has 1 saturated heterocycles. The lowest BCUT2D eigenvalue weighted by atomic mass is 9.91. The monoisotopic (exact) mass is 422 g/mol. The highest BCUT2D eigenvalue weighted by molar-refractivity contribution is 8.00. The highest BCUT2D eigenvalue weighted by atomic mass is 32.2. The molecule has 1 amide bonds. The molecular weight excluding hydrogens is 403 g/mol. The first-order valence-electron chi connectivity index (χ1n) is 9.35. The van der Waals surface area contributed by atoms with Crippen molar-refractivity contribution in [1.82, 2.24) is 4.98 Å². The zero-order chi connectivity index (χ0) is 21.4. The zero-order valence-corrected chi connectivity index (χ0v) is 17.2. The number of halogens is 1. The first kappa shape index (κ1) is 20.1. The Balaban J connectivity index is 1.89. The molecule has 152 valence electrons. The standard InChI is InChI=1S/C23H19FN2O3S/c1-13-9-10-25-11-18(13)21-14(2)19(8-7-17(21)23(28)29)26-20(27)12-30-22(26)15-3-5-16(24)6-4-15/h3-11,22H,12H2,1-2H3,(H,28,29). The van der Waals surface area contributed by atoms with Gasteiger partial charge in [0.1, 0.15) is 11.2 Å². The smallest absolute Gasteiger partial charge is 0.336 e. The maximum atomic E-state index is 13.4. The van der Waals surface area contributed by atoms with E-state index in [4.69, 9.17) is 0 Å². The summed E-state index contributed by atoms with van der Waals surface area (Å²) in [6.07, 6.45) is 3.30. The summed E-state index contributed by atoms with van der Waals surface area (Å²) < 4.78 is 13.4. The van der Waals surface area contributed by atoms with Crippen molar-refractivity contribution < 1.29 is 19.1 Å². The van der Waals surface area contributed by atoms with Gasteiger partial charge in [0.05, 0.1) is 11.3 Å². The van der Waals surface area contributed by atoms with E-state index in [0.717, 1.165) is 11.1 Å². The van der Waals surface area contributed by atoms with E-state index in [9.17, 15) is 19.1 Å². The van der Waals surface area contributed by atoms with Crippen molar-refractivity contribution >= 4 is 29.3 Å². The number of carbonyl (C=O) groups is 2. The van der Waals surface area contributed by atoms with Gasteiger partial charge in [0.25, 0.3) is 0 Å². The Morgan fingerprint density at radius 2 is 1.90 bits per heavy atom. The van der Waals surface area contributed by atoms with Gasteiger partial charge in [0, 0.05) is 29.2 Å². The van der Waals surface area contributed by atoms with E-state index in [1.54, 1.807) is 35.5 Å². The average molecular weight is 422 g/mol. The minimum atomic E-state index is -1.04. The van der Waals surface area contributed by atoms with Gasteiger partial charge in [0.2, 0.25) is 5.91 Å². The molecule has 30 heavy (non-hydrogen) atoms. The summed E-state index contributed by atoms with van der Waals surface area (Å²) in [6, 6.07) is 11.1. The number of pyridine rings is 1. The Labute approximate surface area is 177 Å². The molecule has 2 aromatic carbocycles. The van der Waals surface area contributed by atoms with Crippen LogP contribution in [0, 0.1) is 19.7 Å². The van der Waals surface area contributed by atoms with Crippen LogP contribution in [0.1, 0.15) is 32.4 Å². The van der Waals surface area contributed by atoms with Crippen molar-refractivity contribution in [2.24, 2.45) is 0 Å². The maximum Gasteiger partial charge on any atom is 0.336 e. The van der Waals surface area contributed by atoms with E-state index in [-0.39, 0.29) is 22.7 Å². The van der Waals surface area contributed by atoms with Gasteiger partial charge < -0.3 is 5.11 Å². The zero-order valence-electron chi connectivity index (χ0n) is 16.4. The lowest BCUT2D eigenvalue weighted by Gasteiger charge is -2.27. The van der Waals surface area contributed by atoms with E-state index in [0.29, 0.717) is 28.1 Å². The predicted molar refractivity (Wildman–Crippen MR) is 115 cm³/mol. The Kier molecular flexibility index (Phi) is 5.30. The van der Waals surface area contributed by atoms with Gasteiger partial charge in [0.15, 0.2) is 0 Å². The number of carboxylic acid groups (broad SMARTS) is 1. The van der Waals surface area contributed by atoms with Crippen LogP contribution < -0.4 is 4.90 Å². The number of nitrogens with zero attached hydrogens (tertiary/aromatic N) is 2. The Bertz CT molecular complexity index is 1150. The second-order valence-electron chi connectivity index (χ2n) is 7.11. The Morgan fingerprint density at radius 3 is 2.57 bits per heavy atom. The maximum absolute atomic E-state index is 13.4. The number of aromatic carboxylic acids is 1. The van der Waals surface area contributed by atoms with Gasteiger partial charge in [-0.2, -0.15) is 0 Å². The predicted octanol–water partition coefficient (Wildman–Crippen LogP) is 4.98. The summed E-state index contributed by atoms with van der Waals surface area (Å²) in [5.41, 5.74) is 4.46. The van der Waals surface area contributed by atoms with E-state index >= 15 is 0 Å². The SMILES string of the molecule is Cc1ccncc1-c1c(C(=O)O)ccc(N2C(=O)CSC2c2ccc(F)cc2)c1C. The lowest BCUT2D eigenvalue weighted by molar-refractivity contribution is -0.115. The molecule has 1 atom stereocenters. The number of rotatable bonds is 4. The largest absolute Gasteiger partial charge is 0.478 e. The molecule has 1 aliphatic rings. The molecule has 3 aromatic rings. The van der Waals surface area contributed by atoms with Crippen molar-refractivity contribution in [3.63, 3.8) is 0 Å². The van der Waals surface area contributed by atoms with Crippen LogP contribution in [0.4, 0.5) is 10.1 Å². The first-order valence-corrected chi connectivity index (χ1v) is 10.4. The normalized spacial score (nSPS) is 16.2. The van der Waals surface area contributed by atoms with Crippen molar-refractivity contribution in [2.75, 3.05) is 10.7 Å². The van der Waals surface area contributed by atoms with Crippen molar-refractivity contribution in [2.45, 2.75) is 19.2 Å². The minimum Gasteiger partial charge on any atom is -0.478 e. The molecule has 1 aliphatic heterocycles. The fourth-order valence-electron chi connectivity index (χ4n) is 3.77. The van der Waals surface area contributed by atoms with E-state index in [1.807, 2.05) is 19.9 Å². The molecule has 1 N–H and O–H groups in total. The number of aromatic nitrogens is 1. The summed E-state index contributed by atoms with van der Waals surface area (Å²) in [4.78, 5) is 30.6. The Morgan fingerprint density at radius 1 is 1.17 bits per heavy atom. The van der Waals surface area contributed by atoms with Crippen LogP contribution in [-0.4, -0.2) is 27.7 Å². The average Bonchev–Trinajstić information content (AvgIpc) is 3.10. The van der Waals surface area contributed by atoms with E-state index < -0.39 is 5.97 Å². The van der Waals surface area contributed by atoms with Gasteiger partial charge in [-0.25, -0.2) is 9.18 Å². The number of amides is 1. The summed E-state index contributed by atoms with van der Waals surface area (Å²) in [7, 11) is 0. The number of benzene rings is 2. The third-order valence-corrected chi connectivity index (χ3v) is 6.47. The number of aryl methyl sites for hydroxylation is 1. The third-order valence-electron chi connectivity index (χ3n) is 5.26. The Hall–Kier alpha value is -3.19. The number of carboxylic acids is 1. The second-order valence-corrected chi connectivity index (χ2v) is 8.18. The fourth-order valence-corrected chi connectivity index (χ4v) is 4.94. The first-order chi connectivity index (χ1) is 14.4. The summed E-state index contributed by atoms with van der Waals surface area (Å²) in [5.74, 6) is -1.16. The van der Waals surface area contributed by atoms with E-state index in [2.05, 4.69) is 4.98 Å². The fraction of sp³-hybridized carbons (Fsp3) is 0.174. The van der Waals surface area contributed by atoms with Crippen LogP contribution in [0.2, 0.25) is 0 Å². The molecule has 4 rings (SSSR count). The molecule has 2 heterocycles. The molecule has 0 bridgehead atoms. The highest BCUT2D eigenvalue weighted by Gasteiger charge is 2.36. The van der Waals surface area contributed by atoms with Crippen LogP contribution in [0.5, 0.6) is 0 Å². The second kappa shape index (κ2) is 7.91. The molecule has 1 aromatic heterocycles. The quantitative estimate of drug-likeness (QED) is 0.642. The van der Waals surface area contributed by atoms with Crippen LogP contribution in [-0.2, 0) is 4.79 Å². The van der Waals surface area contributed by atoms with Gasteiger partial charge in [-0.05, 0) is 60.9 Å². The lowest BCUT2D eigenvalue weighted by Crippen LogP contribution is -2.29. The van der Waals surface area contributed by atoms with Crippen molar-refractivity contribution in [3.05, 3.63) is 82.9 Å². The number of thioether (sulfide) groups is 1. The summed E-state index contributed by atoms with van der Waals surface area (Å²) in [5, 5.41) is 9.46. The van der Waals surface area contributed by atoms with Crippen LogP contribution in [0.3, 0.4) is 0 Å². The molecule has 1 fully saturated rings. The van der Waals surface area contributed by atoms with Gasteiger partial charge in [-0.1, -0.05) is 12.1 Å². The van der Waals surface area contributed by atoms with Gasteiger partial charge in [-0.15, -0.1) is 11.8 Å². The number of carbonyl (C=O) groups excluding carboxylic acids is 1. The van der Waals surface area contributed by atoms with Crippen molar-refractivity contribution in [3.8, 4) is 11.1 Å². The number of hydrogen-bond acceptors (Lipinski definition) is 4. The minimum absolute atomic E-state index is 0.0747. The third kappa shape index (κ3) is 3.45. The van der Waals surface area contributed by atoms with Gasteiger partial charge >= 0.3 is 5.97 Å². The molecule has 1 unspecified atom stereocenters. The number of hydrogen-bond donors (Lipinski definition) is 1. The molecule has 0 spiro atoms. The molecule has 0 saturated carbocycles. The van der Waals surface area contributed by atoms with Crippen LogP contribution in [0.25, 0.3) is 11.1 Å². The van der Waals surface area contributed by atoms with Crippen LogP contribution in [0.15, 0.2) is 54.9 Å². The van der Waals surface area contributed by atoms with Crippen LogP contribution >= 0.6 is 11.8 Å².